The molecular weight excluding hydrogens is 222 g/mol. The van der Waals surface area contributed by atoms with Crippen LogP contribution in [0.1, 0.15) is 18.9 Å². The van der Waals surface area contributed by atoms with Crippen molar-refractivity contribution in [1.29, 1.82) is 0 Å². The molecule has 0 aliphatic heterocycles. The zero-order chi connectivity index (χ0) is 12.7. The molecule has 0 aliphatic carbocycles. The van der Waals surface area contributed by atoms with Gasteiger partial charge in [-0.2, -0.15) is 0 Å². The second-order valence-electron chi connectivity index (χ2n) is 3.48. The molecule has 1 aromatic heterocycles. The molecule has 0 bridgehead atoms. The van der Waals surface area contributed by atoms with Gasteiger partial charge in [-0.25, -0.2) is 9.59 Å². The first-order chi connectivity index (χ1) is 8.13. The van der Waals surface area contributed by atoms with E-state index in [0.29, 0.717) is 13.0 Å². The largest absolute Gasteiger partial charge is 0.480 e. The lowest BCUT2D eigenvalue weighted by Crippen LogP contribution is -2.45. The van der Waals surface area contributed by atoms with E-state index in [2.05, 4.69) is 15.6 Å². The fourth-order valence-corrected chi connectivity index (χ4v) is 1.23. The number of nitrogens with zero attached hydrogens (tertiary/aromatic N) is 1. The summed E-state index contributed by atoms with van der Waals surface area (Å²) in [7, 11) is 0. The molecule has 1 unspecified atom stereocenters. The number of amides is 2. The summed E-state index contributed by atoms with van der Waals surface area (Å²) in [5.74, 6) is -1.04. The summed E-state index contributed by atoms with van der Waals surface area (Å²) in [4.78, 5) is 25.9. The number of aromatic nitrogens is 1. The molecule has 1 aromatic rings. The summed E-state index contributed by atoms with van der Waals surface area (Å²) in [5.41, 5.74) is 0.901. The molecule has 17 heavy (non-hydrogen) atoms. The van der Waals surface area contributed by atoms with Crippen LogP contribution >= 0.6 is 0 Å². The second kappa shape index (κ2) is 6.47. The number of rotatable bonds is 5. The first-order valence-corrected chi connectivity index (χ1v) is 5.29. The second-order valence-corrected chi connectivity index (χ2v) is 3.48. The third kappa shape index (κ3) is 4.50. The van der Waals surface area contributed by atoms with Crippen molar-refractivity contribution < 1.29 is 14.7 Å². The van der Waals surface area contributed by atoms with Crippen LogP contribution in [0.25, 0.3) is 0 Å². The molecule has 3 N–H and O–H groups in total. The number of carboxylic acid groups (broad SMARTS) is 1. The first kappa shape index (κ1) is 13.0. The van der Waals surface area contributed by atoms with Gasteiger partial charge in [-0.1, -0.05) is 6.92 Å². The Labute approximate surface area is 99.1 Å². The van der Waals surface area contributed by atoms with Crippen molar-refractivity contribution in [2.45, 2.75) is 25.9 Å². The lowest BCUT2D eigenvalue weighted by molar-refractivity contribution is -0.139. The first-order valence-electron chi connectivity index (χ1n) is 5.29. The van der Waals surface area contributed by atoms with Gasteiger partial charge in [0.1, 0.15) is 6.04 Å². The monoisotopic (exact) mass is 237 g/mol. The highest BCUT2D eigenvalue weighted by Gasteiger charge is 2.16. The van der Waals surface area contributed by atoms with E-state index in [-0.39, 0.29) is 0 Å². The minimum atomic E-state index is -1.04. The quantitative estimate of drug-likeness (QED) is 0.704. The molecule has 2 amide bonds. The minimum Gasteiger partial charge on any atom is -0.480 e. The van der Waals surface area contributed by atoms with Crippen molar-refractivity contribution in [3.63, 3.8) is 0 Å². The van der Waals surface area contributed by atoms with E-state index in [1.54, 1.807) is 31.5 Å². The lowest BCUT2D eigenvalue weighted by atomic mass is 10.2. The van der Waals surface area contributed by atoms with E-state index in [9.17, 15) is 9.59 Å². The van der Waals surface area contributed by atoms with Gasteiger partial charge >= 0.3 is 12.0 Å². The number of carbonyl (C=O) groups is 2. The maximum Gasteiger partial charge on any atom is 0.326 e. The maximum atomic E-state index is 11.4. The highest BCUT2D eigenvalue weighted by atomic mass is 16.4. The van der Waals surface area contributed by atoms with Gasteiger partial charge in [0, 0.05) is 18.9 Å². The van der Waals surface area contributed by atoms with Gasteiger partial charge in [-0.15, -0.1) is 0 Å². The van der Waals surface area contributed by atoms with E-state index in [4.69, 9.17) is 5.11 Å². The van der Waals surface area contributed by atoms with Crippen molar-refractivity contribution in [2.75, 3.05) is 0 Å². The van der Waals surface area contributed by atoms with Gasteiger partial charge in [0.25, 0.3) is 0 Å². The molecular formula is C11H15N3O3. The molecule has 0 aliphatic rings. The Bertz CT molecular complexity index is 381. The lowest BCUT2D eigenvalue weighted by Gasteiger charge is -2.13. The summed E-state index contributed by atoms with van der Waals surface area (Å²) in [6.45, 7) is 2.03. The highest BCUT2D eigenvalue weighted by Crippen LogP contribution is 1.95. The van der Waals surface area contributed by atoms with Gasteiger partial charge in [-0.3, -0.25) is 4.98 Å². The zero-order valence-electron chi connectivity index (χ0n) is 9.51. The molecule has 1 rings (SSSR count). The number of nitrogens with one attached hydrogen (secondary N) is 2. The van der Waals surface area contributed by atoms with Crippen molar-refractivity contribution in [2.24, 2.45) is 0 Å². The van der Waals surface area contributed by atoms with Crippen LogP contribution in [-0.2, 0) is 11.3 Å². The van der Waals surface area contributed by atoms with Crippen molar-refractivity contribution >= 4 is 12.0 Å². The summed E-state index contributed by atoms with van der Waals surface area (Å²) in [6, 6.07) is 2.20. The van der Waals surface area contributed by atoms with Crippen LogP contribution in [0.15, 0.2) is 24.5 Å². The van der Waals surface area contributed by atoms with E-state index in [0.717, 1.165) is 5.56 Å². The van der Waals surface area contributed by atoms with E-state index < -0.39 is 18.0 Å². The number of pyridine rings is 1. The number of carboxylic acids is 1. The van der Waals surface area contributed by atoms with Crippen LogP contribution in [0.3, 0.4) is 0 Å². The fraction of sp³-hybridized carbons (Fsp3) is 0.364. The number of aliphatic carboxylic acids is 1. The number of hydrogen-bond donors (Lipinski definition) is 3. The van der Waals surface area contributed by atoms with Crippen LogP contribution < -0.4 is 10.6 Å². The van der Waals surface area contributed by atoms with Crippen molar-refractivity contribution in [3.8, 4) is 0 Å². The molecule has 0 aromatic carbocycles. The molecule has 0 radical (unpaired) electrons. The normalized spacial score (nSPS) is 11.6. The summed E-state index contributed by atoms with van der Waals surface area (Å²) in [6.07, 6.45) is 3.60. The van der Waals surface area contributed by atoms with Crippen molar-refractivity contribution in [1.82, 2.24) is 15.6 Å². The van der Waals surface area contributed by atoms with Crippen LogP contribution in [0.4, 0.5) is 4.79 Å². The van der Waals surface area contributed by atoms with Crippen LogP contribution in [0.2, 0.25) is 0 Å². The number of hydrogen-bond acceptors (Lipinski definition) is 3. The number of carbonyl (C=O) groups excluding carboxylic acids is 1. The predicted octanol–water partition coefficient (Wildman–Crippen LogP) is 0.744. The van der Waals surface area contributed by atoms with Crippen LogP contribution in [0.5, 0.6) is 0 Å². The molecule has 6 nitrogen and oxygen atoms in total. The predicted molar refractivity (Wildman–Crippen MR) is 61.3 cm³/mol. The Hall–Kier alpha value is -2.11. The summed E-state index contributed by atoms with van der Waals surface area (Å²) < 4.78 is 0. The fourth-order valence-electron chi connectivity index (χ4n) is 1.23. The van der Waals surface area contributed by atoms with E-state index in [1.165, 1.54) is 0 Å². The molecule has 0 spiro atoms. The maximum absolute atomic E-state index is 11.4. The van der Waals surface area contributed by atoms with Gasteiger partial charge < -0.3 is 15.7 Å². The topological polar surface area (TPSA) is 91.3 Å². The highest BCUT2D eigenvalue weighted by molar-refractivity contribution is 5.82. The summed E-state index contributed by atoms with van der Waals surface area (Å²) in [5, 5.41) is 13.7. The SMILES string of the molecule is CCC(NC(=O)NCc1ccncc1)C(=O)O. The zero-order valence-corrected chi connectivity index (χ0v) is 9.51. The summed E-state index contributed by atoms with van der Waals surface area (Å²) >= 11 is 0. The molecule has 0 fully saturated rings. The molecule has 0 saturated carbocycles. The Kier molecular flexibility index (Phi) is 4.93. The Morgan fingerprint density at radius 2 is 2.06 bits per heavy atom. The smallest absolute Gasteiger partial charge is 0.326 e. The molecule has 1 heterocycles. The Morgan fingerprint density at radius 1 is 1.41 bits per heavy atom. The third-order valence-corrected chi connectivity index (χ3v) is 2.21. The van der Waals surface area contributed by atoms with Crippen LogP contribution in [0, 0.1) is 0 Å². The van der Waals surface area contributed by atoms with E-state index >= 15 is 0 Å². The van der Waals surface area contributed by atoms with Gasteiger partial charge in [-0.05, 0) is 24.1 Å². The van der Waals surface area contributed by atoms with Gasteiger partial charge in [0.15, 0.2) is 0 Å². The minimum absolute atomic E-state index is 0.338. The Morgan fingerprint density at radius 3 is 2.59 bits per heavy atom. The van der Waals surface area contributed by atoms with Crippen molar-refractivity contribution in [3.05, 3.63) is 30.1 Å². The molecule has 6 heteroatoms. The molecule has 92 valence electrons. The van der Waals surface area contributed by atoms with Gasteiger partial charge in [0.05, 0.1) is 0 Å². The van der Waals surface area contributed by atoms with E-state index in [1.807, 2.05) is 0 Å². The Balaban J connectivity index is 2.37. The molecule has 1 atom stereocenters. The third-order valence-electron chi connectivity index (χ3n) is 2.21. The average Bonchev–Trinajstić information content (AvgIpc) is 2.34. The van der Waals surface area contributed by atoms with Crippen LogP contribution in [-0.4, -0.2) is 28.1 Å². The average molecular weight is 237 g/mol. The number of urea groups is 1. The molecule has 0 saturated heterocycles. The standard InChI is InChI=1S/C11H15N3O3/c1-2-9(10(15)16)14-11(17)13-7-8-3-5-12-6-4-8/h3-6,9H,2,7H2,1H3,(H,15,16)(H2,13,14,17). The van der Waals surface area contributed by atoms with Gasteiger partial charge in [0.2, 0.25) is 0 Å².